The lowest BCUT2D eigenvalue weighted by molar-refractivity contribution is -0.136. The first-order valence-electron chi connectivity index (χ1n) is 4.03. The molecule has 76 valence electrons. The number of aromatic amines is 1. The summed E-state index contributed by atoms with van der Waals surface area (Å²) in [7, 11) is 1.27. The SMILES string of the molecule is COC(=O)c1cc(CC(=O)O)c(C)[nH]1. The Balaban J connectivity index is 2.93. The maximum Gasteiger partial charge on any atom is 0.354 e. The average Bonchev–Trinajstić information content (AvgIpc) is 2.46. The molecule has 0 spiro atoms. The van der Waals surface area contributed by atoms with Gasteiger partial charge in [0.1, 0.15) is 5.69 Å². The van der Waals surface area contributed by atoms with E-state index in [0.29, 0.717) is 11.3 Å². The first-order valence-corrected chi connectivity index (χ1v) is 4.03. The quantitative estimate of drug-likeness (QED) is 0.700. The highest BCUT2D eigenvalue weighted by atomic mass is 16.5. The molecule has 0 radical (unpaired) electrons. The molecule has 1 aromatic heterocycles. The Morgan fingerprint density at radius 1 is 1.57 bits per heavy atom. The highest BCUT2D eigenvalue weighted by Gasteiger charge is 2.13. The van der Waals surface area contributed by atoms with Crippen molar-refractivity contribution >= 4 is 11.9 Å². The van der Waals surface area contributed by atoms with E-state index in [1.807, 2.05) is 0 Å². The van der Waals surface area contributed by atoms with Crippen molar-refractivity contribution in [1.29, 1.82) is 0 Å². The number of carbonyl (C=O) groups excluding carboxylic acids is 1. The standard InChI is InChI=1S/C9H11NO4/c1-5-6(4-8(11)12)3-7(10-5)9(13)14-2/h3,10H,4H2,1-2H3,(H,11,12). The van der Waals surface area contributed by atoms with Gasteiger partial charge in [-0.05, 0) is 18.6 Å². The van der Waals surface area contributed by atoms with E-state index in [9.17, 15) is 9.59 Å². The Kier molecular flexibility index (Phi) is 2.91. The van der Waals surface area contributed by atoms with Crippen LogP contribution in [0, 0.1) is 6.92 Å². The van der Waals surface area contributed by atoms with Gasteiger partial charge in [0.2, 0.25) is 0 Å². The molecule has 0 fully saturated rings. The molecule has 1 heterocycles. The molecule has 1 aromatic rings. The van der Waals surface area contributed by atoms with E-state index in [1.165, 1.54) is 13.2 Å². The fraction of sp³-hybridized carbons (Fsp3) is 0.333. The molecule has 0 saturated heterocycles. The Bertz CT molecular complexity index is 367. The molecule has 0 aromatic carbocycles. The molecule has 0 saturated carbocycles. The number of carboxylic acids is 1. The van der Waals surface area contributed by atoms with Crippen molar-refractivity contribution in [3.05, 3.63) is 23.0 Å². The van der Waals surface area contributed by atoms with Crippen LogP contribution in [-0.4, -0.2) is 29.1 Å². The summed E-state index contributed by atoms with van der Waals surface area (Å²) in [5, 5.41) is 8.57. The van der Waals surface area contributed by atoms with Crippen LogP contribution in [0.25, 0.3) is 0 Å². The lowest BCUT2D eigenvalue weighted by Gasteiger charge is -1.92. The molecular formula is C9H11NO4. The Hall–Kier alpha value is -1.78. The Morgan fingerprint density at radius 2 is 2.21 bits per heavy atom. The van der Waals surface area contributed by atoms with Crippen LogP contribution >= 0.6 is 0 Å². The number of methoxy groups -OCH3 is 1. The Morgan fingerprint density at radius 3 is 2.71 bits per heavy atom. The molecule has 2 N–H and O–H groups in total. The first kappa shape index (κ1) is 10.3. The number of aryl methyl sites for hydroxylation is 1. The second kappa shape index (κ2) is 3.95. The molecule has 0 unspecified atom stereocenters. The molecule has 0 bridgehead atoms. The molecule has 0 aliphatic heterocycles. The van der Waals surface area contributed by atoms with Crippen molar-refractivity contribution in [2.75, 3.05) is 7.11 Å². The van der Waals surface area contributed by atoms with Gasteiger partial charge < -0.3 is 14.8 Å². The third-order valence-electron chi connectivity index (χ3n) is 1.87. The number of ether oxygens (including phenoxy) is 1. The lowest BCUT2D eigenvalue weighted by Crippen LogP contribution is -2.01. The van der Waals surface area contributed by atoms with E-state index in [0.717, 1.165) is 0 Å². The van der Waals surface area contributed by atoms with E-state index >= 15 is 0 Å². The minimum absolute atomic E-state index is 0.0979. The number of hydrogen-bond donors (Lipinski definition) is 2. The predicted molar refractivity (Wildman–Crippen MR) is 48.2 cm³/mol. The number of rotatable bonds is 3. The zero-order valence-electron chi connectivity index (χ0n) is 7.96. The van der Waals surface area contributed by atoms with Crippen molar-refractivity contribution < 1.29 is 19.4 Å². The molecular weight excluding hydrogens is 186 g/mol. The molecule has 14 heavy (non-hydrogen) atoms. The van der Waals surface area contributed by atoms with Crippen LogP contribution < -0.4 is 0 Å². The summed E-state index contributed by atoms with van der Waals surface area (Å²) in [5.41, 5.74) is 1.55. The zero-order chi connectivity index (χ0) is 10.7. The van der Waals surface area contributed by atoms with Gasteiger partial charge in [-0.1, -0.05) is 0 Å². The highest BCUT2D eigenvalue weighted by molar-refractivity contribution is 5.88. The third kappa shape index (κ3) is 2.12. The molecule has 0 aliphatic rings. The fourth-order valence-electron chi connectivity index (χ4n) is 1.17. The van der Waals surface area contributed by atoms with Gasteiger partial charge in [-0.2, -0.15) is 0 Å². The summed E-state index contributed by atoms with van der Waals surface area (Å²) in [5.74, 6) is -1.42. The summed E-state index contributed by atoms with van der Waals surface area (Å²) >= 11 is 0. The van der Waals surface area contributed by atoms with Gasteiger partial charge in [-0.3, -0.25) is 4.79 Å². The lowest BCUT2D eigenvalue weighted by atomic mass is 10.2. The fourth-order valence-corrected chi connectivity index (χ4v) is 1.17. The van der Waals surface area contributed by atoms with Gasteiger partial charge >= 0.3 is 11.9 Å². The maximum absolute atomic E-state index is 11.1. The molecule has 0 atom stereocenters. The molecule has 0 aliphatic carbocycles. The number of hydrogen-bond acceptors (Lipinski definition) is 3. The van der Waals surface area contributed by atoms with Crippen molar-refractivity contribution in [2.24, 2.45) is 0 Å². The molecule has 5 heteroatoms. The smallest absolute Gasteiger partial charge is 0.354 e. The van der Waals surface area contributed by atoms with Gasteiger partial charge in [0.05, 0.1) is 13.5 Å². The number of H-pyrrole nitrogens is 1. The maximum atomic E-state index is 11.1. The van der Waals surface area contributed by atoms with Gasteiger partial charge in [-0.15, -0.1) is 0 Å². The topological polar surface area (TPSA) is 79.4 Å². The van der Waals surface area contributed by atoms with Crippen LogP contribution in [-0.2, 0) is 16.0 Å². The Labute approximate surface area is 80.7 Å². The number of aromatic nitrogens is 1. The number of carboxylic acid groups (broad SMARTS) is 1. The monoisotopic (exact) mass is 197 g/mol. The number of aliphatic carboxylic acids is 1. The van der Waals surface area contributed by atoms with Crippen molar-refractivity contribution in [3.8, 4) is 0 Å². The van der Waals surface area contributed by atoms with E-state index in [4.69, 9.17) is 5.11 Å². The summed E-state index contributed by atoms with van der Waals surface area (Å²) in [4.78, 5) is 24.3. The third-order valence-corrected chi connectivity index (χ3v) is 1.87. The van der Waals surface area contributed by atoms with Crippen molar-refractivity contribution in [3.63, 3.8) is 0 Å². The number of nitrogens with one attached hydrogen (secondary N) is 1. The van der Waals surface area contributed by atoms with E-state index in [2.05, 4.69) is 9.72 Å². The largest absolute Gasteiger partial charge is 0.481 e. The van der Waals surface area contributed by atoms with Crippen LogP contribution in [0.1, 0.15) is 21.7 Å². The average molecular weight is 197 g/mol. The van der Waals surface area contributed by atoms with E-state index in [1.54, 1.807) is 6.92 Å². The van der Waals surface area contributed by atoms with Gasteiger partial charge in [0.25, 0.3) is 0 Å². The number of esters is 1. The van der Waals surface area contributed by atoms with Crippen LogP contribution in [0.3, 0.4) is 0 Å². The van der Waals surface area contributed by atoms with Gasteiger partial charge in [0.15, 0.2) is 0 Å². The summed E-state index contributed by atoms with van der Waals surface area (Å²) in [6, 6.07) is 1.50. The van der Waals surface area contributed by atoms with Crippen LogP contribution in [0.2, 0.25) is 0 Å². The van der Waals surface area contributed by atoms with Crippen LogP contribution in [0.5, 0.6) is 0 Å². The minimum Gasteiger partial charge on any atom is -0.481 e. The second-order valence-corrected chi connectivity index (χ2v) is 2.90. The summed E-state index contributed by atoms with van der Waals surface area (Å²) < 4.78 is 4.49. The first-order chi connectivity index (χ1) is 6.54. The summed E-state index contributed by atoms with van der Waals surface area (Å²) in [6.07, 6.45) is -0.0979. The highest BCUT2D eigenvalue weighted by Crippen LogP contribution is 2.11. The minimum atomic E-state index is -0.927. The zero-order valence-corrected chi connectivity index (χ0v) is 7.96. The second-order valence-electron chi connectivity index (χ2n) is 2.90. The van der Waals surface area contributed by atoms with Crippen LogP contribution in [0.15, 0.2) is 6.07 Å². The van der Waals surface area contributed by atoms with Crippen LogP contribution in [0.4, 0.5) is 0 Å². The van der Waals surface area contributed by atoms with E-state index in [-0.39, 0.29) is 12.1 Å². The van der Waals surface area contributed by atoms with Gasteiger partial charge in [0, 0.05) is 5.69 Å². The summed E-state index contributed by atoms with van der Waals surface area (Å²) in [6.45, 7) is 1.71. The molecule has 1 rings (SSSR count). The van der Waals surface area contributed by atoms with Gasteiger partial charge in [-0.25, -0.2) is 4.79 Å². The molecule has 5 nitrogen and oxygen atoms in total. The van der Waals surface area contributed by atoms with Crippen molar-refractivity contribution in [2.45, 2.75) is 13.3 Å². The normalized spacial score (nSPS) is 9.86. The van der Waals surface area contributed by atoms with E-state index < -0.39 is 11.9 Å². The van der Waals surface area contributed by atoms with Crippen molar-refractivity contribution in [1.82, 2.24) is 4.98 Å². The number of carbonyl (C=O) groups is 2. The predicted octanol–water partition coefficient (Wildman–Crippen LogP) is 0.737. The molecule has 0 amide bonds.